The van der Waals surface area contributed by atoms with Crippen molar-refractivity contribution in [2.75, 3.05) is 17.0 Å². The smallest absolute Gasteiger partial charge is 0.282 e. The minimum absolute atomic E-state index is 0.0371. The molecule has 0 atom stereocenters. The van der Waals surface area contributed by atoms with Crippen molar-refractivity contribution in [2.45, 2.75) is 0 Å². The molecule has 2 amide bonds. The number of amides is 2. The Morgan fingerprint density at radius 2 is 1.80 bits per heavy atom. The summed E-state index contributed by atoms with van der Waals surface area (Å²) in [7, 11) is 0. The first-order valence-electron chi connectivity index (χ1n) is 8.81. The minimum atomic E-state index is -0.882. The van der Waals surface area contributed by atoms with Crippen LogP contribution in [0.15, 0.2) is 59.6 Å². The Kier molecular flexibility index (Phi) is 4.25. The molecule has 0 unspecified atom stereocenters. The van der Waals surface area contributed by atoms with Crippen molar-refractivity contribution in [1.29, 1.82) is 0 Å². The summed E-state index contributed by atoms with van der Waals surface area (Å²) in [5.74, 6) is -2.12. The molecule has 0 bridgehead atoms. The van der Waals surface area contributed by atoms with Crippen LogP contribution < -0.4 is 19.7 Å². The van der Waals surface area contributed by atoms with E-state index in [1.807, 2.05) is 0 Å². The molecule has 1 aromatic heterocycles. The van der Waals surface area contributed by atoms with Crippen LogP contribution in [-0.2, 0) is 9.59 Å². The third-order valence-electron chi connectivity index (χ3n) is 4.64. The van der Waals surface area contributed by atoms with Crippen LogP contribution >= 0.6 is 11.3 Å². The van der Waals surface area contributed by atoms with Gasteiger partial charge in [-0.2, -0.15) is 0 Å². The average Bonchev–Trinajstić information content (AvgIpc) is 3.45. The third-order valence-corrected chi connectivity index (χ3v) is 5.53. The minimum Gasteiger partial charge on any atom is -0.454 e. The van der Waals surface area contributed by atoms with Gasteiger partial charge in [0.25, 0.3) is 11.8 Å². The molecule has 3 aromatic rings. The number of anilines is 2. The lowest BCUT2D eigenvalue weighted by atomic mass is 10.1. The molecule has 150 valence electrons. The van der Waals surface area contributed by atoms with Crippen LogP contribution in [0, 0.1) is 11.6 Å². The number of rotatable bonds is 4. The summed E-state index contributed by atoms with van der Waals surface area (Å²) in [4.78, 5) is 27.5. The number of carbonyl (C=O) groups is 2. The summed E-state index contributed by atoms with van der Waals surface area (Å²) < 4.78 is 38.7. The highest BCUT2D eigenvalue weighted by Gasteiger charge is 2.42. The highest BCUT2D eigenvalue weighted by molar-refractivity contribution is 7.11. The molecule has 3 heterocycles. The molecular formula is C21H12F2N2O4S. The van der Waals surface area contributed by atoms with Crippen molar-refractivity contribution in [3.05, 3.63) is 76.1 Å². The number of imide groups is 1. The van der Waals surface area contributed by atoms with Crippen LogP contribution in [0.5, 0.6) is 11.5 Å². The fraction of sp³-hybridized carbons (Fsp3) is 0.0476. The van der Waals surface area contributed by atoms with E-state index in [4.69, 9.17) is 9.47 Å². The fourth-order valence-electron chi connectivity index (χ4n) is 3.29. The molecule has 1 N–H and O–H groups in total. The van der Waals surface area contributed by atoms with Gasteiger partial charge < -0.3 is 14.8 Å². The zero-order valence-corrected chi connectivity index (χ0v) is 16.0. The van der Waals surface area contributed by atoms with Gasteiger partial charge in [-0.3, -0.25) is 9.59 Å². The second-order valence-corrected chi connectivity index (χ2v) is 7.41. The first-order chi connectivity index (χ1) is 14.5. The molecule has 0 saturated heterocycles. The zero-order valence-electron chi connectivity index (χ0n) is 15.1. The van der Waals surface area contributed by atoms with Gasteiger partial charge in [-0.05, 0) is 35.7 Å². The van der Waals surface area contributed by atoms with Gasteiger partial charge in [0.2, 0.25) is 6.79 Å². The molecule has 0 fully saturated rings. The molecule has 2 aliphatic rings. The van der Waals surface area contributed by atoms with Crippen molar-refractivity contribution in [3.8, 4) is 11.5 Å². The number of nitrogens with zero attached hydrogens (tertiary/aromatic N) is 1. The number of carbonyl (C=O) groups excluding carboxylic acids is 2. The first kappa shape index (κ1) is 18.3. The molecule has 2 aromatic carbocycles. The lowest BCUT2D eigenvalue weighted by Crippen LogP contribution is -2.33. The number of halogens is 2. The summed E-state index contributed by atoms with van der Waals surface area (Å²) in [6.07, 6.45) is 0. The van der Waals surface area contributed by atoms with Crippen molar-refractivity contribution in [3.63, 3.8) is 0 Å². The molecular weight excluding hydrogens is 414 g/mol. The summed E-state index contributed by atoms with van der Waals surface area (Å²) >= 11 is 1.25. The number of ether oxygens (including phenoxy) is 2. The van der Waals surface area contributed by atoms with Gasteiger partial charge in [0.15, 0.2) is 11.5 Å². The van der Waals surface area contributed by atoms with Gasteiger partial charge in [-0.1, -0.05) is 6.07 Å². The highest BCUT2D eigenvalue weighted by Crippen LogP contribution is 2.39. The van der Waals surface area contributed by atoms with Crippen molar-refractivity contribution in [2.24, 2.45) is 0 Å². The Balaban J connectivity index is 1.59. The Bertz CT molecular complexity index is 1220. The van der Waals surface area contributed by atoms with E-state index in [1.54, 1.807) is 35.7 Å². The largest absolute Gasteiger partial charge is 0.454 e. The Labute approximate surface area is 173 Å². The van der Waals surface area contributed by atoms with Gasteiger partial charge in [0, 0.05) is 22.7 Å². The molecule has 9 heteroatoms. The fourth-order valence-corrected chi connectivity index (χ4v) is 4.06. The van der Waals surface area contributed by atoms with Crippen LogP contribution in [-0.4, -0.2) is 18.6 Å². The van der Waals surface area contributed by atoms with Crippen LogP contribution in [0.4, 0.5) is 20.2 Å². The molecule has 0 radical (unpaired) electrons. The number of hydrogen-bond acceptors (Lipinski definition) is 6. The lowest BCUT2D eigenvalue weighted by Gasteiger charge is -2.16. The lowest BCUT2D eigenvalue weighted by molar-refractivity contribution is -0.120. The predicted molar refractivity (Wildman–Crippen MR) is 106 cm³/mol. The SMILES string of the molecule is O=C1C(Nc2ccc3c(c2)OCO3)=C(c2cccs2)C(=O)N1c1cc(F)ccc1F. The Morgan fingerprint density at radius 1 is 0.967 bits per heavy atom. The Hall–Kier alpha value is -3.72. The van der Waals surface area contributed by atoms with Crippen molar-refractivity contribution in [1.82, 2.24) is 0 Å². The van der Waals surface area contributed by atoms with E-state index >= 15 is 0 Å². The molecule has 2 aliphatic heterocycles. The molecule has 0 spiro atoms. The maximum Gasteiger partial charge on any atom is 0.282 e. The van der Waals surface area contributed by atoms with E-state index in [9.17, 15) is 18.4 Å². The second kappa shape index (κ2) is 6.96. The summed E-state index contributed by atoms with van der Waals surface area (Å²) in [5, 5.41) is 4.70. The van der Waals surface area contributed by atoms with E-state index in [0.717, 1.165) is 18.2 Å². The van der Waals surface area contributed by atoms with E-state index in [1.165, 1.54) is 11.3 Å². The van der Waals surface area contributed by atoms with E-state index in [2.05, 4.69) is 5.32 Å². The van der Waals surface area contributed by atoms with Gasteiger partial charge >= 0.3 is 0 Å². The average molecular weight is 426 g/mol. The quantitative estimate of drug-likeness (QED) is 0.635. The van der Waals surface area contributed by atoms with Crippen LogP contribution in [0.1, 0.15) is 4.88 Å². The number of hydrogen-bond donors (Lipinski definition) is 1. The summed E-state index contributed by atoms with van der Waals surface area (Å²) in [6, 6.07) is 11.0. The first-order valence-corrected chi connectivity index (χ1v) is 9.69. The van der Waals surface area contributed by atoms with Crippen molar-refractivity contribution < 1.29 is 27.8 Å². The molecule has 0 saturated carbocycles. The molecule has 0 aliphatic carbocycles. The van der Waals surface area contributed by atoms with Gasteiger partial charge in [-0.15, -0.1) is 11.3 Å². The topological polar surface area (TPSA) is 67.9 Å². The molecule has 6 nitrogen and oxygen atoms in total. The molecule has 30 heavy (non-hydrogen) atoms. The number of benzene rings is 2. The summed E-state index contributed by atoms with van der Waals surface area (Å²) in [5.41, 5.74) is 0.0777. The number of nitrogens with one attached hydrogen (secondary N) is 1. The Morgan fingerprint density at radius 3 is 2.60 bits per heavy atom. The normalized spacial score (nSPS) is 15.3. The van der Waals surface area contributed by atoms with Gasteiger partial charge in [-0.25, -0.2) is 13.7 Å². The zero-order chi connectivity index (χ0) is 20.8. The predicted octanol–water partition coefficient (Wildman–Crippen LogP) is 4.15. The monoisotopic (exact) mass is 426 g/mol. The second-order valence-electron chi connectivity index (χ2n) is 6.46. The van der Waals surface area contributed by atoms with E-state index < -0.39 is 29.1 Å². The van der Waals surface area contributed by atoms with E-state index in [-0.39, 0.29) is 18.1 Å². The summed E-state index contributed by atoms with van der Waals surface area (Å²) in [6.45, 7) is 0.0893. The number of fused-ring (bicyclic) bond motifs is 1. The van der Waals surface area contributed by atoms with Crippen LogP contribution in [0.3, 0.4) is 0 Å². The van der Waals surface area contributed by atoms with Crippen molar-refractivity contribution >= 4 is 40.1 Å². The number of thiophene rings is 1. The maximum atomic E-state index is 14.4. The van der Waals surface area contributed by atoms with E-state index in [0.29, 0.717) is 27.0 Å². The van der Waals surface area contributed by atoms with Crippen LogP contribution in [0.25, 0.3) is 5.57 Å². The van der Waals surface area contributed by atoms with Gasteiger partial charge in [0.1, 0.15) is 17.3 Å². The van der Waals surface area contributed by atoms with Gasteiger partial charge in [0.05, 0.1) is 11.3 Å². The standard InChI is InChI=1S/C21H12F2N2O4S/c22-11-3-5-13(23)14(8-11)25-20(26)18(17-2-1-7-30-17)19(21(25)27)24-12-4-6-15-16(9-12)29-10-28-15/h1-9,24H,10H2. The third kappa shape index (κ3) is 2.91. The maximum absolute atomic E-state index is 14.4. The molecule has 5 rings (SSSR count). The van der Waals surface area contributed by atoms with Crippen LogP contribution in [0.2, 0.25) is 0 Å². The highest BCUT2D eigenvalue weighted by atomic mass is 32.1.